The summed E-state index contributed by atoms with van der Waals surface area (Å²) < 4.78 is 9.36. The van der Waals surface area contributed by atoms with Gasteiger partial charge in [-0.1, -0.05) is 20.8 Å². The van der Waals surface area contributed by atoms with Gasteiger partial charge in [0.15, 0.2) is 0 Å². The third kappa shape index (κ3) is 4.58. The highest BCUT2D eigenvalue weighted by Gasteiger charge is 2.37. The molecule has 0 aromatic heterocycles. The number of carbonyl (C=O) groups excluding carboxylic acids is 2. The molecule has 0 radical (unpaired) electrons. The molecule has 6 heteroatoms. The Bertz CT molecular complexity index is 357. The lowest BCUT2D eigenvalue weighted by molar-refractivity contribution is 0.0499. The van der Waals surface area contributed by atoms with Crippen LogP contribution >= 0.6 is 0 Å². The highest BCUT2D eigenvalue weighted by Crippen LogP contribution is 2.40. The molecule has 20 heavy (non-hydrogen) atoms. The monoisotopic (exact) mass is 286 g/mol. The number of methoxy groups -OCH3 is 2. The number of ether oxygens (including phenoxy) is 2. The molecule has 1 aliphatic rings. The summed E-state index contributed by atoms with van der Waals surface area (Å²) in [7, 11) is 2.65. The molecule has 1 fully saturated rings. The summed E-state index contributed by atoms with van der Waals surface area (Å²) in [4.78, 5) is 24.7. The van der Waals surface area contributed by atoms with Crippen LogP contribution in [0.3, 0.4) is 0 Å². The molecular weight excluding hydrogens is 260 g/mol. The van der Waals surface area contributed by atoms with E-state index in [4.69, 9.17) is 4.74 Å². The fourth-order valence-corrected chi connectivity index (χ4v) is 3.21. The zero-order valence-electron chi connectivity index (χ0n) is 13.1. The quantitative estimate of drug-likeness (QED) is 0.810. The summed E-state index contributed by atoms with van der Waals surface area (Å²) in [5.41, 5.74) is 0.180. The molecule has 0 aromatic carbocycles. The second-order valence-electron chi connectivity index (χ2n) is 6.33. The summed E-state index contributed by atoms with van der Waals surface area (Å²) in [5.74, 6) is 0.536. The summed E-state index contributed by atoms with van der Waals surface area (Å²) in [6.07, 6.45) is 1.98. The van der Waals surface area contributed by atoms with Crippen LogP contribution < -0.4 is 5.32 Å². The first-order chi connectivity index (χ1) is 9.29. The minimum absolute atomic E-state index is 0.0679. The van der Waals surface area contributed by atoms with Gasteiger partial charge in [0.25, 0.3) is 0 Å². The van der Waals surface area contributed by atoms with Crippen LogP contribution in [0.1, 0.15) is 40.0 Å². The SMILES string of the molecule is COC(=O)NCN(C(=O)OC)C1CC(C)CC(C)(C)C1. The number of carbonyl (C=O) groups is 2. The number of nitrogens with zero attached hydrogens (tertiary/aromatic N) is 1. The van der Waals surface area contributed by atoms with Crippen molar-refractivity contribution < 1.29 is 19.1 Å². The molecule has 0 aromatic rings. The normalized spacial score (nSPS) is 24.6. The summed E-state index contributed by atoms with van der Waals surface area (Å²) in [6.45, 7) is 6.71. The predicted molar refractivity (Wildman–Crippen MR) is 75.2 cm³/mol. The van der Waals surface area contributed by atoms with Crippen LogP contribution in [-0.4, -0.2) is 44.0 Å². The number of alkyl carbamates (subject to hydrolysis) is 1. The molecular formula is C14H26N2O4. The fourth-order valence-electron chi connectivity index (χ4n) is 3.21. The molecule has 6 nitrogen and oxygen atoms in total. The molecule has 116 valence electrons. The van der Waals surface area contributed by atoms with E-state index in [1.807, 2.05) is 0 Å². The van der Waals surface area contributed by atoms with Gasteiger partial charge in [0.05, 0.1) is 20.9 Å². The number of hydrogen-bond donors (Lipinski definition) is 1. The van der Waals surface area contributed by atoms with Crippen LogP contribution in [0.2, 0.25) is 0 Å². The van der Waals surface area contributed by atoms with Crippen molar-refractivity contribution in [1.82, 2.24) is 10.2 Å². The van der Waals surface area contributed by atoms with E-state index in [1.54, 1.807) is 4.90 Å². The minimum Gasteiger partial charge on any atom is -0.453 e. The van der Waals surface area contributed by atoms with E-state index in [-0.39, 0.29) is 18.1 Å². The number of nitrogens with one attached hydrogen (secondary N) is 1. The van der Waals surface area contributed by atoms with Crippen LogP contribution in [0, 0.1) is 11.3 Å². The van der Waals surface area contributed by atoms with Crippen LogP contribution in [0.25, 0.3) is 0 Å². The van der Waals surface area contributed by atoms with Gasteiger partial charge in [-0.05, 0) is 30.6 Å². The van der Waals surface area contributed by atoms with Crippen molar-refractivity contribution in [2.75, 3.05) is 20.9 Å². The van der Waals surface area contributed by atoms with Crippen LogP contribution in [-0.2, 0) is 9.47 Å². The third-order valence-corrected chi connectivity index (χ3v) is 3.79. The molecule has 2 amide bonds. The van der Waals surface area contributed by atoms with Gasteiger partial charge < -0.3 is 14.8 Å². The maximum Gasteiger partial charge on any atom is 0.411 e. The Hall–Kier alpha value is -1.46. The molecule has 0 aliphatic heterocycles. The van der Waals surface area contributed by atoms with Crippen molar-refractivity contribution in [3.8, 4) is 0 Å². The second-order valence-corrected chi connectivity index (χ2v) is 6.33. The van der Waals surface area contributed by atoms with Gasteiger partial charge in [-0.25, -0.2) is 9.59 Å². The number of hydrogen-bond acceptors (Lipinski definition) is 4. The van der Waals surface area contributed by atoms with E-state index in [0.29, 0.717) is 5.92 Å². The maximum atomic E-state index is 11.9. The average Bonchev–Trinajstić information content (AvgIpc) is 2.35. The largest absolute Gasteiger partial charge is 0.453 e. The molecule has 0 spiro atoms. The molecule has 0 bridgehead atoms. The standard InChI is InChI=1S/C14H26N2O4/c1-10-6-11(8-14(2,3)7-10)16(13(18)20-5)9-15-12(17)19-4/h10-11H,6-9H2,1-5H3,(H,15,17). The Morgan fingerprint density at radius 2 is 1.90 bits per heavy atom. The van der Waals surface area contributed by atoms with Gasteiger partial charge in [0, 0.05) is 6.04 Å². The maximum absolute atomic E-state index is 11.9. The Morgan fingerprint density at radius 1 is 1.25 bits per heavy atom. The number of amides is 2. The van der Waals surface area contributed by atoms with Crippen LogP contribution in [0.5, 0.6) is 0 Å². The number of rotatable bonds is 3. The fraction of sp³-hybridized carbons (Fsp3) is 0.857. The van der Waals surface area contributed by atoms with Crippen molar-refractivity contribution in [2.45, 2.75) is 46.1 Å². The van der Waals surface area contributed by atoms with E-state index >= 15 is 0 Å². The molecule has 0 heterocycles. The van der Waals surface area contributed by atoms with E-state index < -0.39 is 12.2 Å². The molecule has 2 unspecified atom stereocenters. The predicted octanol–water partition coefficient (Wildman–Crippen LogP) is 2.58. The van der Waals surface area contributed by atoms with E-state index in [0.717, 1.165) is 19.3 Å². The second kappa shape index (κ2) is 6.81. The Morgan fingerprint density at radius 3 is 2.40 bits per heavy atom. The van der Waals surface area contributed by atoms with E-state index in [9.17, 15) is 9.59 Å². The average molecular weight is 286 g/mol. The Balaban J connectivity index is 2.76. The molecule has 0 saturated heterocycles. The highest BCUT2D eigenvalue weighted by atomic mass is 16.5. The lowest BCUT2D eigenvalue weighted by Crippen LogP contribution is -2.50. The Labute approximate surface area is 120 Å². The van der Waals surface area contributed by atoms with Gasteiger partial charge in [-0.3, -0.25) is 4.90 Å². The van der Waals surface area contributed by atoms with Gasteiger partial charge in [-0.2, -0.15) is 0 Å². The third-order valence-electron chi connectivity index (χ3n) is 3.79. The molecule has 1 aliphatic carbocycles. The zero-order chi connectivity index (χ0) is 15.3. The van der Waals surface area contributed by atoms with Crippen molar-refractivity contribution in [3.05, 3.63) is 0 Å². The van der Waals surface area contributed by atoms with Gasteiger partial charge >= 0.3 is 12.2 Å². The Kier molecular flexibility index (Phi) is 5.65. The summed E-state index contributed by atoms with van der Waals surface area (Å²) >= 11 is 0. The first-order valence-corrected chi connectivity index (χ1v) is 6.95. The van der Waals surface area contributed by atoms with Gasteiger partial charge in [0.2, 0.25) is 0 Å². The van der Waals surface area contributed by atoms with Crippen molar-refractivity contribution in [3.63, 3.8) is 0 Å². The van der Waals surface area contributed by atoms with Gasteiger partial charge in [0.1, 0.15) is 0 Å². The van der Waals surface area contributed by atoms with Gasteiger partial charge in [-0.15, -0.1) is 0 Å². The zero-order valence-corrected chi connectivity index (χ0v) is 13.1. The first kappa shape index (κ1) is 16.6. The molecule has 1 N–H and O–H groups in total. The highest BCUT2D eigenvalue weighted by molar-refractivity contribution is 5.70. The minimum atomic E-state index is -0.554. The van der Waals surface area contributed by atoms with E-state index in [2.05, 4.69) is 30.8 Å². The van der Waals surface area contributed by atoms with Crippen LogP contribution in [0.15, 0.2) is 0 Å². The topological polar surface area (TPSA) is 67.9 Å². The molecule has 1 rings (SSSR count). The summed E-state index contributed by atoms with van der Waals surface area (Å²) in [6, 6.07) is 0.0679. The summed E-state index contributed by atoms with van der Waals surface area (Å²) in [5, 5.41) is 2.55. The van der Waals surface area contributed by atoms with E-state index in [1.165, 1.54) is 14.2 Å². The van der Waals surface area contributed by atoms with Crippen LogP contribution in [0.4, 0.5) is 9.59 Å². The molecule has 2 atom stereocenters. The molecule has 1 saturated carbocycles. The van der Waals surface area contributed by atoms with Crippen molar-refractivity contribution in [1.29, 1.82) is 0 Å². The van der Waals surface area contributed by atoms with Crippen molar-refractivity contribution >= 4 is 12.2 Å². The lowest BCUT2D eigenvalue weighted by atomic mass is 9.70. The van der Waals surface area contributed by atoms with Crippen molar-refractivity contribution in [2.24, 2.45) is 11.3 Å². The lowest BCUT2D eigenvalue weighted by Gasteiger charge is -2.43. The first-order valence-electron chi connectivity index (χ1n) is 6.95. The smallest absolute Gasteiger partial charge is 0.411 e.